The van der Waals surface area contributed by atoms with Crippen LogP contribution < -0.4 is 21.1 Å². The minimum absolute atomic E-state index is 0.0213. The molecule has 0 atom stereocenters. The van der Waals surface area contributed by atoms with Crippen LogP contribution in [0.25, 0.3) is 66.4 Å². The molecule has 1 aliphatic heterocycles. The molecule has 10 aromatic rings. The number of hydrogen-bond acceptors (Lipinski definition) is 3. The molecule has 0 amide bonds. The highest BCUT2D eigenvalue weighted by atomic mass is 16.3. The van der Waals surface area contributed by atoms with Crippen molar-refractivity contribution in [2.24, 2.45) is 0 Å². The first-order chi connectivity index (χ1) is 32.6. The van der Waals surface area contributed by atoms with E-state index in [1.54, 1.807) is 0 Å². The lowest BCUT2D eigenvalue weighted by atomic mass is 9.57. The number of aryl methyl sites for hydroxylation is 1. The lowest BCUT2D eigenvalue weighted by Crippen LogP contribution is -2.41. The van der Waals surface area contributed by atoms with Gasteiger partial charge in [-0.1, -0.05) is 185 Å². The number of nitrogens with zero attached hydrogens (tertiary/aromatic N) is 1. The van der Waals surface area contributed by atoms with Crippen LogP contribution in [0.1, 0.15) is 57.2 Å². The Bertz CT molecular complexity index is 3530. The normalized spacial score (nSPS) is 14.6. The second-order valence-corrected chi connectivity index (χ2v) is 19.9. The first kappa shape index (κ1) is 40.9. The van der Waals surface area contributed by atoms with E-state index in [0.717, 1.165) is 90.7 Å². The van der Waals surface area contributed by atoms with Gasteiger partial charge in [0.05, 0.1) is 5.69 Å². The third kappa shape index (κ3) is 7.06. The second-order valence-electron chi connectivity index (χ2n) is 19.9. The van der Waals surface area contributed by atoms with Crippen LogP contribution in [0.2, 0.25) is 0 Å². The molecule has 1 N–H and O–H groups in total. The van der Waals surface area contributed by atoms with E-state index in [1.165, 1.54) is 44.6 Å². The molecule has 0 unspecified atom stereocenters. The van der Waals surface area contributed by atoms with Gasteiger partial charge in [0.2, 0.25) is 0 Å². The monoisotopic (exact) mass is 863 g/mol. The van der Waals surface area contributed by atoms with Crippen molar-refractivity contribution < 1.29 is 4.42 Å². The van der Waals surface area contributed by atoms with Gasteiger partial charge in [-0.25, -0.2) is 0 Å². The van der Waals surface area contributed by atoms with Crippen LogP contribution in [0.3, 0.4) is 0 Å². The predicted molar refractivity (Wildman–Crippen MR) is 285 cm³/mol. The highest BCUT2D eigenvalue weighted by molar-refractivity contribution is 6.74. The van der Waals surface area contributed by atoms with Crippen LogP contribution in [0.5, 0.6) is 0 Å². The maximum atomic E-state index is 7.11. The van der Waals surface area contributed by atoms with Crippen molar-refractivity contribution in [3.05, 3.63) is 211 Å². The van der Waals surface area contributed by atoms with Crippen LogP contribution in [0.4, 0.5) is 28.4 Å². The Morgan fingerprint density at radius 1 is 0.493 bits per heavy atom. The summed E-state index contributed by atoms with van der Waals surface area (Å²) >= 11 is 0. The first-order valence-electron chi connectivity index (χ1n) is 23.7. The Morgan fingerprint density at radius 2 is 1.07 bits per heavy atom. The van der Waals surface area contributed by atoms with E-state index in [2.05, 4.69) is 246 Å². The van der Waals surface area contributed by atoms with E-state index in [9.17, 15) is 0 Å². The molecule has 3 nitrogen and oxygen atoms in total. The molecule has 67 heavy (non-hydrogen) atoms. The van der Waals surface area contributed by atoms with Crippen molar-refractivity contribution in [3.63, 3.8) is 0 Å². The van der Waals surface area contributed by atoms with Crippen molar-refractivity contribution in [1.29, 1.82) is 0 Å². The van der Waals surface area contributed by atoms with Gasteiger partial charge in [-0.3, -0.25) is 0 Å². The van der Waals surface area contributed by atoms with E-state index in [0.29, 0.717) is 0 Å². The summed E-state index contributed by atoms with van der Waals surface area (Å²) in [6.45, 7) is 12.0. The summed E-state index contributed by atoms with van der Waals surface area (Å²) in [4.78, 5) is 2.54. The van der Waals surface area contributed by atoms with Crippen molar-refractivity contribution >= 4 is 68.6 Å². The highest BCUT2D eigenvalue weighted by Crippen LogP contribution is 2.52. The average molecular weight is 864 g/mol. The SMILES string of the molecule is Cc1cc2c(cc1N1c3ccc(-c4ccccc4)cc3[B]c3c(-c4ccc(-c5ccccc5)cc4Nc4cccc(-c5ccccc5)c4)cc4c(oc5ccccc54)c31)C(C)(C)CCC2(C)C. The molecular formula is C63H52BN2O. The fourth-order valence-corrected chi connectivity index (χ4v) is 10.9. The lowest BCUT2D eigenvalue weighted by molar-refractivity contribution is 0.332. The molecule has 0 bridgehead atoms. The van der Waals surface area contributed by atoms with Gasteiger partial charge in [-0.05, 0) is 134 Å². The molecule has 2 heterocycles. The standard InChI is InChI=1S/C63H52BN2O/c1-40-34-52-53(63(4,5)33-32-62(52,2)3)39-57(40)66-56-31-29-45(42-20-11-7-12-21-42)36-54(56)64-59-50(38-51-49-26-15-16-27-58(49)67-61(51)60(59)66)48-30-28-46(43-22-13-8-14-23-43)37-55(48)65-47-25-17-24-44(35-47)41-18-9-6-10-19-41/h6-31,34-39,65H,32-33H2,1-5H3. The Labute approximate surface area is 395 Å². The van der Waals surface area contributed by atoms with Gasteiger partial charge in [0.1, 0.15) is 5.58 Å². The molecule has 0 saturated carbocycles. The van der Waals surface area contributed by atoms with Crippen molar-refractivity contribution in [1.82, 2.24) is 0 Å². The Morgan fingerprint density at radius 3 is 1.76 bits per heavy atom. The van der Waals surface area contributed by atoms with E-state index in [-0.39, 0.29) is 10.8 Å². The predicted octanol–water partition coefficient (Wildman–Crippen LogP) is 16.1. The number of fused-ring (bicyclic) bond motifs is 7. The number of furan rings is 1. The van der Waals surface area contributed by atoms with E-state index >= 15 is 0 Å². The molecule has 0 spiro atoms. The Hall–Kier alpha value is -7.56. The molecular weight excluding hydrogens is 812 g/mol. The summed E-state index contributed by atoms with van der Waals surface area (Å²) < 4.78 is 7.11. The molecule has 0 saturated heterocycles. The van der Waals surface area contributed by atoms with E-state index in [1.807, 2.05) is 0 Å². The Kier molecular flexibility index (Phi) is 9.66. The molecule has 12 rings (SSSR count). The number of rotatable bonds is 7. The minimum atomic E-state index is 0.0213. The summed E-state index contributed by atoms with van der Waals surface area (Å²) in [7, 11) is 2.42. The van der Waals surface area contributed by atoms with Crippen molar-refractivity contribution in [2.45, 2.75) is 58.3 Å². The summed E-state index contributed by atoms with van der Waals surface area (Å²) in [5.41, 5.74) is 23.0. The fourth-order valence-electron chi connectivity index (χ4n) is 10.9. The average Bonchev–Trinajstić information content (AvgIpc) is 3.74. The second kappa shape index (κ2) is 15.8. The third-order valence-corrected chi connectivity index (χ3v) is 14.7. The fraction of sp³-hybridized carbons (Fsp3) is 0.143. The zero-order valence-corrected chi connectivity index (χ0v) is 38.8. The smallest absolute Gasteiger partial charge is 0.198 e. The molecule has 9 aromatic carbocycles. The van der Waals surface area contributed by atoms with Gasteiger partial charge in [0, 0.05) is 39.1 Å². The number of nitrogens with one attached hydrogen (secondary N) is 1. The number of anilines is 5. The quantitative estimate of drug-likeness (QED) is 0.162. The van der Waals surface area contributed by atoms with Crippen LogP contribution >= 0.6 is 0 Å². The molecule has 323 valence electrons. The lowest BCUT2D eigenvalue weighted by Gasteiger charge is -2.43. The largest absolute Gasteiger partial charge is 0.454 e. The van der Waals surface area contributed by atoms with Gasteiger partial charge < -0.3 is 14.6 Å². The maximum absolute atomic E-state index is 7.11. The summed E-state index contributed by atoms with van der Waals surface area (Å²) in [6, 6.07) is 70.6. The summed E-state index contributed by atoms with van der Waals surface area (Å²) in [5.74, 6) is 0. The van der Waals surface area contributed by atoms with Crippen LogP contribution in [0, 0.1) is 6.92 Å². The van der Waals surface area contributed by atoms with Gasteiger partial charge in [0.15, 0.2) is 12.9 Å². The zero-order chi connectivity index (χ0) is 45.4. The topological polar surface area (TPSA) is 28.4 Å². The minimum Gasteiger partial charge on any atom is -0.454 e. The molecule has 1 aromatic heterocycles. The van der Waals surface area contributed by atoms with Gasteiger partial charge in [-0.15, -0.1) is 0 Å². The number of benzene rings is 9. The van der Waals surface area contributed by atoms with Gasteiger partial charge >= 0.3 is 0 Å². The molecule has 1 radical (unpaired) electrons. The van der Waals surface area contributed by atoms with Gasteiger partial charge in [0.25, 0.3) is 0 Å². The van der Waals surface area contributed by atoms with Crippen LogP contribution in [-0.2, 0) is 10.8 Å². The zero-order valence-electron chi connectivity index (χ0n) is 38.8. The maximum Gasteiger partial charge on any atom is 0.198 e. The molecule has 4 heteroatoms. The summed E-state index contributed by atoms with van der Waals surface area (Å²) in [5, 5.41) is 6.17. The number of hydrogen-bond donors (Lipinski definition) is 1. The van der Waals surface area contributed by atoms with Gasteiger partial charge in [-0.2, -0.15) is 0 Å². The first-order valence-corrected chi connectivity index (χ1v) is 23.7. The summed E-state index contributed by atoms with van der Waals surface area (Å²) in [6.07, 6.45) is 2.30. The third-order valence-electron chi connectivity index (χ3n) is 14.7. The Balaban J connectivity index is 1.15. The van der Waals surface area contributed by atoms with Crippen molar-refractivity contribution in [2.75, 3.05) is 10.2 Å². The van der Waals surface area contributed by atoms with E-state index < -0.39 is 0 Å². The molecule has 1 aliphatic carbocycles. The van der Waals surface area contributed by atoms with Crippen LogP contribution in [-0.4, -0.2) is 7.28 Å². The van der Waals surface area contributed by atoms with Crippen LogP contribution in [0.15, 0.2) is 199 Å². The van der Waals surface area contributed by atoms with Crippen molar-refractivity contribution in [3.8, 4) is 44.5 Å². The highest BCUT2D eigenvalue weighted by Gasteiger charge is 2.40. The van der Waals surface area contributed by atoms with E-state index in [4.69, 9.17) is 4.42 Å². The number of para-hydroxylation sites is 1. The molecule has 0 fully saturated rings. The molecule has 2 aliphatic rings.